The van der Waals surface area contributed by atoms with Crippen LogP contribution in [0.15, 0.2) is 54.9 Å². The zero-order valence-electron chi connectivity index (χ0n) is 15.3. The van der Waals surface area contributed by atoms with Gasteiger partial charge in [-0.15, -0.1) is 0 Å². The Morgan fingerprint density at radius 3 is 2.14 bits per heavy atom. The van der Waals surface area contributed by atoms with Crippen LogP contribution in [-0.2, 0) is 0 Å². The van der Waals surface area contributed by atoms with Crippen LogP contribution in [0, 0.1) is 0 Å². The number of hydrogen-bond acceptors (Lipinski definition) is 5. The van der Waals surface area contributed by atoms with Crippen molar-refractivity contribution in [3.8, 4) is 0 Å². The lowest BCUT2D eigenvalue weighted by atomic mass is 10.1. The fourth-order valence-corrected chi connectivity index (χ4v) is 3.49. The molecule has 0 aliphatic rings. The number of rotatable bonds is 3. The maximum Gasteiger partial charge on any atom is 0.251 e. The van der Waals surface area contributed by atoms with Crippen LogP contribution in [0.3, 0.4) is 0 Å². The molecule has 0 saturated heterocycles. The number of hydrogen-bond donors (Lipinski definition) is 1. The average Bonchev–Trinajstić information content (AvgIpc) is 2.76. The van der Waals surface area contributed by atoms with Gasteiger partial charge in [0, 0.05) is 35.3 Å². The number of carbonyl (C=O) groups is 1. The van der Waals surface area contributed by atoms with Crippen molar-refractivity contribution in [2.24, 2.45) is 0 Å². The molecule has 0 atom stereocenters. The van der Waals surface area contributed by atoms with E-state index in [9.17, 15) is 4.79 Å². The predicted octanol–water partition coefficient (Wildman–Crippen LogP) is 4.02. The third-order valence-electron chi connectivity index (χ3n) is 4.82. The smallest absolute Gasteiger partial charge is 0.251 e. The molecule has 0 spiro atoms. The summed E-state index contributed by atoms with van der Waals surface area (Å²) < 4.78 is 0. The fraction of sp³-hybridized carbons (Fsp3) is 0.136. The molecule has 6 nitrogen and oxygen atoms in total. The van der Waals surface area contributed by atoms with Crippen molar-refractivity contribution in [3.05, 3.63) is 60.4 Å². The highest BCUT2D eigenvalue weighted by Crippen LogP contribution is 2.31. The van der Waals surface area contributed by atoms with Crippen LogP contribution in [0.5, 0.6) is 0 Å². The molecule has 3 aromatic heterocycles. The molecule has 5 rings (SSSR count). The fourth-order valence-electron chi connectivity index (χ4n) is 3.49. The summed E-state index contributed by atoms with van der Waals surface area (Å²) in [7, 11) is 0. The van der Waals surface area contributed by atoms with Gasteiger partial charge in [0.2, 0.25) is 0 Å². The van der Waals surface area contributed by atoms with E-state index in [1.54, 1.807) is 24.5 Å². The molecular formula is C22H17N5O. The molecule has 1 N–H and O–H groups in total. The van der Waals surface area contributed by atoms with Crippen molar-refractivity contribution in [3.63, 3.8) is 0 Å². The normalized spacial score (nSPS) is 11.5. The summed E-state index contributed by atoms with van der Waals surface area (Å²) in [5.41, 5.74) is 4.97. The molecule has 136 valence electrons. The Hall–Kier alpha value is -3.67. The van der Waals surface area contributed by atoms with Crippen molar-refractivity contribution in [2.75, 3.05) is 6.54 Å². The van der Waals surface area contributed by atoms with E-state index in [1.807, 2.05) is 37.3 Å². The topological polar surface area (TPSA) is 80.7 Å². The Morgan fingerprint density at radius 1 is 0.857 bits per heavy atom. The number of fused-ring (bicyclic) bond motifs is 7. The zero-order valence-corrected chi connectivity index (χ0v) is 15.3. The number of amides is 1. The third kappa shape index (κ3) is 2.53. The molecule has 0 aliphatic heterocycles. The van der Waals surface area contributed by atoms with Gasteiger partial charge in [-0.2, -0.15) is 0 Å². The van der Waals surface area contributed by atoms with Crippen molar-refractivity contribution < 1.29 is 4.79 Å². The monoisotopic (exact) mass is 367 g/mol. The third-order valence-corrected chi connectivity index (χ3v) is 4.82. The van der Waals surface area contributed by atoms with Gasteiger partial charge in [-0.3, -0.25) is 14.8 Å². The van der Waals surface area contributed by atoms with Gasteiger partial charge >= 0.3 is 0 Å². The molecule has 0 saturated carbocycles. The molecular weight excluding hydrogens is 350 g/mol. The minimum atomic E-state index is -0.103. The number of pyridine rings is 2. The zero-order chi connectivity index (χ0) is 19.1. The number of carbonyl (C=O) groups excluding carboxylic acids is 1. The minimum Gasteiger partial charge on any atom is -0.352 e. The highest BCUT2D eigenvalue weighted by Gasteiger charge is 2.14. The number of nitrogens with zero attached hydrogens (tertiary/aromatic N) is 4. The molecule has 0 fully saturated rings. The van der Waals surface area contributed by atoms with E-state index in [0.717, 1.165) is 39.3 Å². The lowest BCUT2D eigenvalue weighted by molar-refractivity contribution is 0.0954. The lowest BCUT2D eigenvalue weighted by Crippen LogP contribution is -2.23. The molecule has 3 heterocycles. The van der Waals surface area contributed by atoms with E-state index >= 15 is 0 Å². The van der Waals surface area contributed by atoms with E-state index in [0.29, 0.717) is 23.1 Å². The Balaban J connectivity index is 1.83. The van der Waals surface area contributed by atoms with Gasteiger partial charge in [-0.1, -0.05) is 19.1 Å². The summed E-state index contributed by atoms with van der Waals surface area (Å²) >= 11 is 0. The van der Waals surface area contributed by atoms with Gasteiger partial charge in [0.15, 0.2) is 0 Å². The van der Waals surface area contributed by atoms with Gasteiger partial charge < -0.3 is 5.32 Å². The van der Waals surface area contributed by atoms with Gasteiger partial charge in [0.25, 0.3) is 5.91 Å². The van der Waals surface area contributed by atoms with Crippen LogP contribution in [-0.4, -0.2) is 32.4 Å². The number of nitrogens with one attached hydrogen (secondary N) is 1. The first kappa shape index (κ1) is 16.5. The average molecular weight is 367 g/mol. The Morgan fingerprint density at radius 2 is 1.50 bits per heavy atom. The highest BCUT2D eigenvalue weighted by atomic mass is 16.1. The van der Waals surface area contributed by atoms with E-state index in [2.05, 4.69) is 15.3 Å². The van der Waals surface area contributed by atoms with Gasteiger partial charge in [-0.05, 0) is 36.8 Å². The Bertz CT molecular complexity index is 1380. The summed E-state index contributed by atoms with van der Waals surface area (Å²) in [6.07, 6.45) is 4.41. The molecule has 0 bridgehead atoms. The first-order chi connectivity index (χ1) is 13.8. The SMILES string of the molecule is CCCNC(=O)c1ccc2nc3c4ncccc4c4cccnc4c3nc2c1. The van der Waals surface area contributed by atoms with E-state index < -0.39 is 0 Å². The summed E-state index contributed by atoms with van der Waals surface area (Å²) in [5.74, 6) is -0.103. The highest BCUT2D eigenvalue weighted by molar-refractivity contribution is 6.21. The summed E-state index contributed by atoms with van der Waals surface area (Å²) in [6.45, 7) is 2.67. The molecule has 0 radical (unpaired) electrons. The molecule has 1 amide bonds. The van der Waals surface area contributed by atoms with Gasteiger partial charge in [-0.25, -0.2) is 9.97 Å². The van der Waals surface area contributed by atoms with Crippen LogP contribution in [0.25, 0.3) is 43.9 Å². The Labute approximate surface area is 160 Å². The van der Waals surface area contributed by atoms with Crippen LogP contribution in [0.1, 0.15) is 23.7 Å². The summed E-state index contributed by atoms with van der Waals surface area (Å²) in [6, 6.07) is 13.3. The number of benzene rings is 2. The Kier molecular flexibility index (Phi) is 3.83. The second-order valence-electron chi connectivity index (χ2n) is 6.68. The molecule has 0 aliphatic carbocycles. The first-order valence-electron chi connectivity index (χ1n) is 9.27. The molecule has 6 heteroatoms. The van der Waals surface area contributed by atoms with Crippen molar-refractivity contribution in [1.82, 2.24) is 25.3 Å². The lowest BCUT2D eigenvalue weighted by Gasteiger charge is -2.09. The largest absolute Gasteiger partial charge is 0.352 e. The van der Waals surface area contributed by atoms with Crippen molar-refractivity contribution in [1.29, 1.82) is 0 Å². The van der Waals surface area contributed by atoms with Crippen molar-refractivity contribution in [2.45, 2.75) is 13.3 Å². The standard InChI is InChI=1S/C22H17N5O/c1-2-9-25-22(28)13-7-8-16-17(12-13)27-21-19-15(6-4-11-24-19)14-5-3-10-23-18(14)20(21)26-16/h3-8,10-12H,2,9H2,1H3,(H,25,28). The first-order valence-corrected chi connectivity index (χ1v) is 9.27. The maximum atomic E-state index is 12.3. The van der Waals surface area contributed by atoms with Crippen LogP contribution in [0.2, 0.25) is 0 Å². The van der Waals surface area contributed by atoms with Gasteiger partial charge in [0.1, 0.15) is 11.0 Å². The predicted molar refractivity (Wildman–Crippen MR) is 110 cm³/mol. The molecule has 28 heavy (non-hydrogen) atoms. The molecule has 0 unspecified atom stereocenters. The maximum absolute atomic E-state index is 12.3. The van der Waals surface area contributed by atoms with Gasteiger partial charge in [0.05, 0.1) is 22.1 Å². The second kappa shape index (κ2) is 6.49. The van der Waals surface area contributed by atoms with Crippen molar-refractivity contribution >= 4 is 49.8 Å². The van der Waals surface area contributed by atoms with Crippen LogP contribution < -0.4 is 5.32 Å². The molecule has 5 aromatic rings. The van der Waals surface area contributed by atoms with Crippen LogP contribution in [0.4, 0.5) is 0 Å². The second-order valence-corrected chi connectivity index (χ2v) is 6.68. The van der Waals surface area contributed by atoms with Crippen LogP contribution >= 0.6 is 0 Å². The quantitative estimate of drug-likeness (QED) is 0.385. The number of aromatic nitrogens is 4. The summed E-state index contributed by atoms with van der Waals surface area (Å²) in [5, 5.41) is 4.89. The van der Waals surface area contributed by atoms with E-state index in [4.69, 9.17) is 9.97 Å². The minimum absolute atomic E-state index is 0.103. The van der Waals surface area contributed by atoms with E-state index in [1.165, 1.54) is 0 Å². The van der Waals surface area contributed by atoms with E-state index in [-0.39, 0.29) is 5.91 Å². The molecule has 2 aromatic carbocycles. The summed E-state index contributed by atoms with van der Waals surface area (Å²) in [4.78, 5) is 31.1.